The van der Waals surface area contributed by atoms with Gasteiger partial charge in [0.2, 0.25) is 0 Å². The lowest BCUT2D eigenvalue weighted by atomic mass is 9.98. The van der Waals surface area contributed by atoms with E-state index in [0.29, 0.717) is 17.3 Å². The Labute approximate surface area is 109 Å². The van der Waals surface area contributed by atoms with Crippen LogP contribution >= 0.6 is 12.2 Å². The number of carbonyl (C=O) groups excluding carboxylic acids is 1. The Bertz CT molecular complexity index is 308. The van der Waals surface area contributed by atoms with Crippen LogP contribution in [0.15, 0.2) is 0 Å². The molecule has 17 heavy (non-hydrogen) atoms. The number of hydrogen-bond donors (Lipinski definition) is 2. The SMILES string of the molecule is CCC(C)(NC(=O)N1CCCC(C)C1)C(N)=S. The molecular formula is C12H23N3OS. The minimum atomic E-state index is -0.576. The van der Waals surface area contributed by atoms with Crippen molar-refractivity contribution in [3.05, 3.63) is 0 Å². The smallest absolute Gasteiger partial charge is 0.318 e. The third-order valence-electron chi connectivity index (χ3n) is 3.58. The molecule has 0 aromatic rings. The molecule has 1 heterocycles. The minimum Gasteiger partial charge on any atom is -0.391 e. The van der Waals surface area contributed by atoms with Crippen LogP contribution in [0.5, 0.6) is 0 Å². The van der Waals surface area contributed by atoms with Gasteiger partial charge in [0.05, 0.1) is 10.5 Å². The van der Waals surface area contributed by atoms with Crippen LogP contribution in [-0.4, -0.2) is 34.5 Å². The van der Waals surface area contributed by atoms with E-state index >= 15 is 0 Å². The number of nitrogens with one attached hydrogen (secondary N) is 1. The Balaban J connectivity index is 2.61. The van der Waals surface area contributed by atoms with Crippen molar-refractivity contribution in [3.63, 3.8) is 0 Å². The van der Waals surface area contributed by atoms with Crippen molar-refractivity contribution in [2.75, 3.05) is 13.1 Å². The fourth-order valence-electron chi connectivity index (χ4n) is 2.01. The molecule has 0 aliphatic carbocycles. The molecule has 2 atom stereocenters. The van der Waals surface area contributed by atoms with Crippen molar-refractivity contribution in [3.8, 4) is 0 Å². The number of rotatable bonds is 3. The molecular weight excluding hydrogens is 234 g/mol. The zero-order chi connectivity index (χ0) is 13.1. The quantitative estimate of drug-likeness (QED) is 0.759. The first kappa shape index (κ1) is 14.2. The maximum absolute atomic E-state index is 12.1. The fraction of sp³-hybridized carbons (Fsp3) is 0.833. The maximum atomic E-state index is 12.1. The number of thiocarbonyl (C=S) groups is 1. The summed E-state index contributed by atoms with van der Waals surface area (Å²) in [4.78, 5) is 14.3. The molecule has 0 radical (unpaired) electrons. The van der Waals surface area contributed by atoms with Gasteiger partial charge in [0.25, 0.3) is 0 Å². The van der Waals surface area contributed by atoms with Crippen molar-refractivity contribution in [2.24, 2.45) is 11.7 Å². The van der Waals surface area contributed by atoms with Crippen LogP contribution < -0.4 is 11.1 Å². The highest BCUT2D eigenvalue weighted by Crippen LogP contribution is 2.17. The van der Waals surface area contributed by atoms with Crippen LogP contribution in [0.4, 0.5) is 4.79 Å². The van der Waals surface area contributed by atoms with Crippen LogP contribution in [-0.2, 0) is 0 Å². The Morgan fingerprint density at radius 2 is 2.29 bits per heavy atom. The first-order valence-electron chi connectivity index (χ1n) is 6.26. The molecule has 0 aromatic carbocycles. The number of likely N-dealkylation sites (tertiary alicyclic amines) is 1. The maximum Gasteiger partial charge on any atom is 0.318 e. The standard InChI is InChI=1S/C12H23N3OS/c1-4-12(3,10(13)17)14-11(16)15-7-5-6-9(2)8-15/h9H,4-8H2,1-3H3,(H2,13,17)(H,14,16). The second kappa shape index (κ2) is 5.67. The Hall–Kier alpha value is -0.840. The van der Waals surface area contributed by atoms with E-state index in [1.165, 1.54) is 6.42 Å². The molecule has 1 rings (SSSR count). The molecule has 1 aliphatic rings. The van der Waals surface area contributed by atoms with Crippen LogP contribution in [0.2, 0.25) is 0 Å². The summed E-state index contributed by atoms with van der Waals surface area (Å²) in [5.74, 6) is 0.576. The second-order valence-corrected chi connectivity index (χ2v) is 5.61. The topological polar surface area (TPSA) is 58.4 Å². The summed E-state index contributed by atoms with van der Waals surface area (Å²) >= 11 is 5.02. The predicted molar refractivity (Wildman–Crippen MR) is 74.0 cm³/mol. The molecule has 1 fully saturated rings. The number of hydrogen-bond acceptors (Lipinski definition) is 2. The number of nitrogens with zero attached hydrogens (tertiary/aromatic N) is 1. The first-order chi connectivity index (χ1) is 7.89. The largest absolute Gasteiger partial charge is 0.391 e. The number of nitrogens with two attached hydrogens (primary N) is 1. The van der Waals surface area contributed by atoms with Gasteiger partial charge in [-0.15, -0.1) is 0 Å². The third-order valence-corrected chi connectivity index (χ3v) is 4.03. The van der Waals surface area contributed by atoms with Gasteiger partial charge < -0.3 is 16.0 Å². The van der Waals surface area contributed by atoms with Crippen molar-refractivity contribution in [2.45, 2.75) is 45.6 Å². The van der Waals surface area contributed by atoms with E-state index in [0.717, 1.165) is 19.5 Å². The number of piperidine rings is 1. The van der Waals surface area contributed by atoms with Gasteiger partial charge in [-0.2, -0.15) is 0 Å². The van der Waals surface area contributed by atoms with Crippen molar-refractivity contribution in [1.82, 2.24) is 10.2 Å². The summed E-state index contributed by atoms with van der Waals surface area (Å²) in [6, 6.07) is -0.0475. The van der Waals surface area contributed by atoms with Crippen molar-refractivity contribution < 1.29 is 4.79 Å². The lowest BCUT2D eigenvalue weighted by Gasteiger charge is -2.35. The zero-order valence-electron chi connectivity index (χ0n) is 11.0. The van der Waals surface area contributed by atoms with Crippen LogP contribution in [0.25, 0.3) is 0 Å². The molecule has 5 heteroatoms. The molecule has 1 aliphatic heterocycles. The number of carbonyl (C=O) groups is 1. The molecule has 0 spiro atoms. The van der Waals surface area contributed by atoms with Gasteiger partial charge in [-0.25, -0.2) is 4.79 Å². The van der Waals surface area contributed by atoms with Gasteiger partial charge in [0.1, 0.15) is 0 Å². The Morgan fingerprint density at radius 1 is 1.65 bits per heavy atom. The van der Waals surface area contributed by atoms with Crippen molar-refractivity contribution >= 4 is 23.2 Å². The summed E-state index contributed by atoms with van der Waals surface area (Å²) < 4.78 is 0. The highest BCUT2D eigenvalue weighted by molar-refractivity contribution is 7.80. The number of urea groups is 1. The van der Waals surface area contributed by atoms with Gasteiger partial charge >= 0.3 is 6.03 Å². The van der Waals surface area contributed by atoms with E-state index in [1.54, 1.807) is 0 Å². The van der Waals surface area contributed by atoms with E-state index in [1.807, 2.05) is 18.7 Å². The lowest BCUT2D eigenvalue weighted by molar-refractivity contribution is 0.164. The molecule has 0 bridgehead atoms. The van der Waals surface area contributed by atoms with E-state index in [-0.39, 0.29) is 6.03 Å². The van der Waals surface area contributed by atoms with Gasteiger partial charge in [-0.1, -0.05) is 26.1 Å². The molecule has 4 nitrogen and oxygen atoms in total. The molecule has 1 saturated heterocycles. The van der Waals surface area contributed by atoms with Gasteiger partial charge in [0.15, 0.2) is 0 Å². The average Bonchev–Trinajstić information content (AvgIpc) is 2.28. The lowest BCUT2D eigenvalue weighted by Crippen LogP contribution is -2.58. The second-order valence-electron chi connectivity index (χ2n) is 5.17. The predicted octanol–water partition coefficient (Wildman–Crippen LogP) is 1.88. The van der Waals surface area contributed by atoms with Crippen LogP contribution in [0, 0.1) is 5.92 Å². The van der Waals surface area contributed by atoms with E-state index in [2.05, 4.69) is 12.2 Å². The highest BCUT2D eigenvalue weighted by Gasteiger charge is 2.30. The normalized spacial score (nSPS) is 23.9. The fourth-order valence-corrected chi connectivity index (χ4v) is 2.21. The summed E-state index contributed by atoms with van der Waals surface area (Å²) in [5.41, 5.74) is 5.11. The van der Waals surface area contributed by atoms with E-state index < -0.39 is 5.54 Å². The van der Waals surface area contributed by atoms with Crippen LogP contribution in [0.1, 0.15) is 40.0 Å². The molecule has 2 amide bonds. The molecule has 98 valence electrons. The average molecular weight is 257 g/mol. The summed E-state index contributed by atoms with van der Waals surface area (Å²) in [7, 11) is 0. The highest BCUT2D eigenvalue weighted by atomic mass is 32.1. The molecule has 2 unspecified atom stereocenters. The minimum absolute atomic E-state index is 0.0475. The molecule has 0 saturated carbocycles. The van der Waals surface area contributed by atoms with Gasteiger partial charge in [-0.3, -0.25) is 0 Å². The van der Waals surface area contributed by atoms with E-state index in [9.17, 15) is 4.79 Å². The Kier molecular flexibility index (Phi) is 4.74. The van der Waals surface area contributed by atoms with E-state index in [4.69, 9.17) is 18.0 Å². The van der Waals surface area contributed by atoms with Crippen molar-refractivity contribution in [1.29, 1.82) is 0 Å². The monoisotopic (exact) mass is 257 g/mol. The number of amides is 2. The summed E-state index contributed by atoms with van der Waals surface area (Å²) in [5, 5.41) is 2.95. The summed E-state index contributed by atoms with van der Waals surface area (Å²) in [6.45, 7) is 7.67. The zero-order valence-corrected chi connectivity index (χ0v) is 11.8. The third kappa shape index (κ3) is 3.56. The molecule has 3 N–H and O–H groups in total. The van der Waals surface area contributed by atoms with Gasteiger partial charge in [-0.05, 0) is 32.1 Å². The summed E-state index contributed by atoms with van der Waals surface area (Å²) in [6.07, 6.45) is 2.98. The first-order valence-corrected chi connectivity index (χ1v) is 6.67. The molecule has 0 aromatic heterocycles. The Morgan fingerprint density at radius 3 is 2.76 bits per heavy atom. The van der Waals surface area contributed by atoms with Crippen LogP contribution in [0.3, 0.4) is 0 Å². The van der Waals surface area contributed by atoms with Gasteiger partial charge in [0, 0.05) is 13.1 Å².